The molecule has 0 aliphatic rings. The molecule has 2 rings (SSSR count). The molecule has 0 aromatic carbocycles. The summed E-state index contributed by atoms with van der Waals surface area (Å²) >= 11 is 4.77. The predicted octanol–water partition coefficient (Wildman–Crippen LogP) is 2.27. The lowest BCUT2D eigenvalue weighted by Crippen LogP contribution is -2.21. The Labute approximate surface area is 108 Å². The van der Waals surface area contributed by atoms with Crippen molar-refractivity contribution < 1.29 is 9.90 Å². The van der Waals surface area contributed by atoms with Crippen LogP contribution in [-0.2, 0) is 0 Å². The highest BCUT2D eigenvalue weighted by Gasteiger charge is 2.15. The number of hydrogen-bond donors (Lipinski definition) is 2. The normalized spacial score (nSPS) is 10.5. The van der Waals surface area contributed by atoms with E-state index < -0.39 is 11.5 Å². The molecular weight excluding hydrogens is 308 g/mol. The van der Waals surface area contributed by atoms with Crippen molar-refractivity contribution in [3.8, 4) is 11.4 Å². The molecule has 2 aromatic rings. The molecule has 0 saturated carbocycles. The number of carboxylic acid groups (broad SMARTS) is 1. The van der Waals surface area contributed by atoms with Crippen LogP contribution in [0.1, 0.15) is 16.1 Å². The summed E-state index contributed by atoms with van der Waals surface area (Å²) in [7, 11) is 0. The third kappa shape index (κ3) is 2.29. The fourth-order valence-electron chi connectivity index (χ4n) is 1.41. The van der Waals surface area contributed by atoms with Crippen molar-refractivity contribution in [3.05, 3.63) is 36.8 Å². The van der Waals surface area contributed by atoms with E-state index in [0.717, 1.165) is 9.35 Å². The first kappa shape index (κ1) is 12.0. The van der Waals surface area contributed by atoms with Gasteiger partial charge in [-0.3, -0.25) is 4.79 Å². The lowest BCUT2D eigenvalue weighted by atomic mass is 10.2. The lowest BCUT2D eigenvalue weighted by Gasteiger charge is -2.02. The molecule has 0 fully saturated rings. The highest BCUT2D eigenvalue weighted by atomic mass is 79.9. The number of hydrogen-bond acceptors (Lipinski definition) is 4. The molecule has 0 aliphatic heterocycles. The van der Waals surface area contributed by atoms with Gasteiger partial charge >= 0.3 is 5.97 Å². The topological polar surface area (TPSA) is 83.0 Å². The Bertz CT molecular complexity index is 647. The van der Waals surface area contributed by atoms with Gasteiger partial charge in [-0.25, -0.2) is 9.78 Å². The van der Waals surface area contributed by atoms with Gasteiger partial charge in [0.1, 0.15) is 11.4 Å². The Morgan fingerprint density at radius 2 is 2.29 bits per heavy atom. The molecule has 5 nitrogen and oxygen atoms in total. The van der Waals surface area contributed by atoms with Crippen LogP contribution in [0, 0.1) is 6.92 Å². The van der Waals surface area contributed by atoms with Crippen molar-refractivity contribution in [2.45, 2.75) is 6.92 Å². The van der Waals surface area contributed by atoms with Crippen molar-refractivity contribution in [1.29, 1.82) is 0 Å². The number of H-pyrrole nitrogens is 1. The van der Waals surface area contributed by atoms with Crippen molar-refractivity contribution in [2.24, 2.45) is 0 Å². The van der Waals surface area contributed by atoms with E-state index in [-0.39, 0.29) is 11.3 Å². The molecule has 0 spiro atoms. The van der Waals surface area contributed by atoms with Gasteiger partial charge in [0.15, 0.2) is 0 Å². The fraction of sp³-hybridized carbons (Fsp3) is 0.100. The van der Waals surface area contributed by atoms with Gasteiger partial charge in [-0.2, -0.15) is 0 Å². The zero-order valence-electron chi connectivity index (χ0n) is 8.65. The Balaban J connectivity index is 2.60. The fourth-order valence-corrected chi connectivity index (χ4v) is 2.55. The van der Waals surface area contributed by atoms with Crippen LogP contribution in [0.15, 0.2) is 20.0 Å². The molecule has 0 saturated heterocycles. The van der Waals surface area contributed by atoms with Crippen molar-refractivity contribution in [3.63, 3.8) is 0 Å². The van der Waals surface area contributed by atoms with Gasteiger partial charge in [-0.1, -0.05) is 0 Å². The summed E-state index contributed by atoms with van der Waals surface area (Å²) in [6.07, 6.45) is 0. The summed E-state index contributed by atoms with van der Waals surface area (Å²) in [5, 5.41) is 10.7. The smallest absolute Gasteiger partial charge is 0.343 e. The average molecular weight is 315 g/mol. The Kier molecular flexibility index (Phi) is 3.12. The van der Waals surface area contributed by atoms with Crippen LogP contribution >= 0.6 is 27.3 Å². The number of nitrogens with zero attached hydrogens (tertiary/aromatic N) is 1. The zero-order chi connectivity index (χ0) is 12.6. The maximum absolute atomic E-state index is 11.6. The highest BCUT2D eigenvalue weighted by molar-refractivity contribution is 9.11. The van der Waals surface area contributed by atoms with Crippen LogP contribution < -0.4 is 5.56 Å². The molecule has 0 bridgehead atoms. The van der Waals surface area contributed by atoms with Crippen LogP contribution in [0.25, 0.3) is 11.4 Å². The van der Waals surface area contributed by atoms with Gasteiger partial charge in [-0.05, 0) is 28.9 Å². The number of nitrogens with one attached hydrogen (secondary N) is 1. The molecular formula is C10H7BrN2O3S. The number of aromatic nitrogens is 2. The summed E-state index contributed by atoms with van der Waals surface area (Å²) < 4.78 is 0.912. The molecule has 2 N–H and O–H groups in total. The second-order valence-corrected chi connectivity index (χ2v) is 5.61. The number of thiophene rings is 1. The van der Waals surface area contributed by atoms with Gasteiger partial charge in [-0.15, -0.1) is 11.3 Å². The number of aromatic carboxylic acids is 1. The Morgan fingerprint density at radius 1 is 1.59 bits per heavy atom. The minimum atomic E-state index is -1.27. The third-order valence-electron chi connectivity index (χ3n) is 2.16. The first-order valence-corrected chi connectivity index (χ1v) is 6.25. The first-order valence-electron chi connectivity index (χ1n) is 4.57. The molecule has 0 unspecified atom stereocenters. The number of halogens is 1. The molecule has 2 heterocycles. The number of aromatic amines is 1. The van der Waals surface area contributed by atoms with Crippen LogP contribution in [0.4, 0.5) is 0 Å². The van der Waals surface area contributed by atoms with Crippen LogP contribution in [0.3, 0.4) is 0 Å². The van der Waals surface area contributed by atoms with Gasteiger partial charge in [0.05, 0.1) is 9.48 Å². The van der Waals surface area contributed by atoms with E-state index in [1.807, 2.05) is 11.4 Å². The summed E-state index contributed by atoms with van der Waals surface area (Å²) in [6.45, 7) is 1.50. The molecule has 0 radical (unpaired) electrons. The molecule has 2 aromatic heterocycles. The lowest BCUT2D eigenvalue weighted by molar-refractivity contribution is 0.0693. The Hall–Kier alpha value is -1.47. The van der Waals surface area contributed by atoms with Crippen LogP contribution in [0.5, 0.6) is 0 Å². The second kappa shape index (κ2) is 4.42. The quantitative estimate of drug-likeness (QED) is 0.890. The standard InChI is InChI=1S/C10H7BrN2O3S/c1-4-7(10(15)16)9(14)13-8(12-4)5-2-6(11)17-3-5/h2-3H,1H3,(H,15,16)(H,12,13,14). The summed E-state index contributed by atoms with van der Waals surface area (Å²) in [5.74, 6) is -0.895. The van der Waals surface area contributed by atoms with Gasteiger partial charge < -0.3 is 10.1 Å². The molecule has 0 atom stereocenters. The van der Waals surface area contributed by atoms with E-state index in [1.165, 1.54) is 18.3 Å². The van der Waals surface area contributed by atoms with Crippen LogP contribution in [0.2, 0.25) is 0 Å². The van der Waals surface area contributed by atoms with E-state index in [4.69, 9.17) is 5.11 Å². The number of rotatable bonds is 2. The van der Waals surface area contributed by atoms with Gasteiger partial charge in [0.25, 0.3) is 5.56 Å². The van der Waals surface area contributed by atoms with E-state index >= 15 is 0 Å². The van der Waals surface area contributed by atoms with E-state index in [0.29, 0.717) is 5.82 Å². The zero-order valence-corrected chi connectivity index (χ0v) is 11.1. The highest BCUT2D eigenvalue weighted by Crippen LogP contribution is 2.26. The van der Waals surface area contributed by atoms with E-state index in [2.05, 4.69) is 25.9 Å². The summed E-state index contributed by atoms with van der Waals surface area (Å²) in [5.41, 5.74) is 0.00274. The van der Waals surface area contributed by atoms with E-state index in [1.54, 1.807) is 0 Å². The van der Waals surface area contributed by atoms with Crippen molar-refractivity contribution in [2.75, 3.05) is 0 Å². The average Bonchev–Trinajstić information content (AvgIpc) is 2.63. The van der Waals surface area contributed by atoms with E-state index in [9.17, 15) is 9.59 Å². The number of carboxylic acids is 1. The molecule has 88 valence electrons. The molecule has 0 aliphatic carbocycles. The predicted molar refractivity (Wildman–Crippen MR) is 67.6 cm³/mol. The molecule has 7 heteroatoms. The van der Waals surface area contributed by atoms with Gasteiger partial charge in [0, 0.05) is 10.9 Å². The van der Waals surface area contributed by atoms with Crippen molar-refractivity contribution >= 4 is 33.2 Å². The van der Waals surface area contributed by atoms with Crippen molar-refractivity contribution in [1.82, 2.24) is 9.97 Å². The van der Waals surface area contributed by atoms with Crippen LogP contribution in [-0.4, -0.2) is 21.0 Å². The largest absolute Gasteiger partial charge is 0.477 e. The van der Waals surface area contributed by atoms with Gasteiger partial charge in [0.2, 0.25) is 0 Å². The maximum Gasteiger partial charge on any atom is 0.343 e. The Morgan fingerprint density at radius 3 is 2.76 bits per heavy atom. The summed E-state index contributed by atoms with van der Waals surface area (Å²) in [4.78, 5) is 29.0. The number of carbonyl (C=O) groups is 1. The second-order valence-electron chi connectivity index (χ2n) is 3.32. The minimum Gasteiger partial charge on any atom is -0.477 e. The molecule has 0 amide bonds. The molecule has 17 heavy (non-hydrogen) atoms. The maximum atomic E-state index is 11.6. The first-order chi connectivity index (χ1) is 7.99. The monoisotopic (exact) mass is 314 g/mol. The number of aryl methyl sites for hydroxylation is 1. The minimum absolute atomic E-state index is 0.207. The summed E-state index contributed by atoms with van der Waals surface area (Å²) in [6, 6.07) is 1.81. The third-order valence-corrected chi connectivity index (χ3v) is 3.66. The SMILES string of the molecule is Cc1nc(-c2csc(Br)c2)[nH]c(=O)c1C(=O)O.